The molecule has 10 heteroatoms. The summed E-state index contributed by atoms with van der Waals surface area (Å²) in [5, 5.41) is 9.72. The van der Waals surface area contributed by atoms with Gasteiger partial charge in [-0.05, 0) is 24.5 Å². The largest absolute Gasteiger partial charge is 0.501 e. The summed E-state index contributed by atoms with van der Waals surface area (Å²) in [5.41, 5.74) is -7.02. The van der Waals surface area contributed by atoms with Crippen molar-refractivity contribution in [3.63, 3.8) is 0 Å². The number of rotatable bonds is 5. The highest BCUT2D eigenvalue weighted by atomic mass is 32.2. The minimum absolute atomic E-state index is 0.122. The molecular formula is C15H17F5O4S. The number of hydrogen-bond donors (Lipinski definition) is 1. The molecule has 0 bridgehead atoms. The minimum Gasteiger partial charge on any atom is -0.493 e. The molecule has 1 N–H and O–H groups in total. The van der Waals surface area contributed by atoms with E-state index in [0.29, 0.717) is 12.5 Å². The molecule has 0 spiro atoms. The fourth-order valence-electron chi connectivity index (χ4n) is 2.55. The van der Waals surface area contributed by atoms with Gasteiger partial charge >= 0.3 is 5.51 Å². The Morgan fingerprint density at radius 2 is 1.92 bits per heavy atom. The first kappa shape index (κ1) is 19.9. The van der Waals surface area contributed by atoms with Crippen LogP contribution in [0.25, 0.3) is 0 Å². The van der Waals surface area contributed by atoms with Gasteiger partial charge in [-0.1, -0.05) is 13.8 Å². The Kier molecular flexibility index (Phi) is 5.08. The molecule has 1 atom stereocenters. The number of aliphatic hydroxyl groups excluding tert-OH is 1. The van der Waals surface area contributed by atoms with Crippen LogP contribution in [0.1, 0.15) is 37.5 Å². The van der Waals surface area contributed by atoms with E-state index in [1.165, 1.54) is 0 Å². The average molecular weight is 388 g/mol. The molecule has 0 fully saturated rings. The van der Waals surface area contributed by atoms with Crippen LogP contribution in [0.5, 0.6) is 5.75 Å². The predicted octanol–water partition coefficient (Wildman–Crippen LogP) is 3.63. The summed E-state index contributed by atoms with van der Waals surface area (Å²) in [4.78, 5) is -1.36. The van der Waals surface area contributed by atoms with E-state index in [1.54, 1.807) is 0 Å². The van der Waals surface area contributed by atoms with Gasteiger partial charge in [0.25, 0.3) is 15.8 Å². The lowest BCUT2D eigenvalue weighted by Crippen LogP contribution is -2.26. The first-order chi connectivity index (χ1) is 11.3. The number of benzene rings is 1. The van der Waals surface area contributed by atoms with Crippen LogP contribution in [-0.4, -0.2) is 31.6 Å². The number of aliphatic hydroxyl groups is 1. The van der Waals surface area contributed by atoms with E-state index in [1.807, 2.05) is 13.8 Å². The molecule has 1 aliphatic rings. The quantitative estimate of drug-likeness (QED) is 0.783. The van der Waals surface area contributed by atoms with Crippen molar-refractivity contribution in [3.8, 4) is 5.75 Å². The molecule has 0 saturated carbocycles. The summed E-state index contributed by atoms with van der Waals surface area (Å²) >= 11 is 0. The topological polar surface area (TPSA) is 63.6 Å². The van der Waals surface area contributed by atoms with Crippen molar-refractivity contribution in [1.82, 2.24) is 0 Å². The first-order valence-corrected chi connectivity index (χ1v) is 8.93. The molecular weight excluding hydrogens is 371 g/mol. The number of sulfone groups is 1. The Bertz CT molecular complexity index is 756. The van der Waals surface area contributed by atoms with Crippen LogP contribution in [0.2, 0.25) is 0 Å². The molecule has 1 aliphatic carbocycles. The SMILES string of the molecule is CC(C)CCOc1ccc(S(=O)(=O)C(F)(F)F)c2c1CC(F)(F)[C@H]2O. The van der Waals surface area contributed by atoms with Crippen molar-refractivity contribution in [1.29, 1.82) is 0 Å². The Labute approximate surface area is 141 Å². The third kappa shape index (κ3) is 3.59. The summed E-state index contributed by atoms with van der Waals surface area (Å²) in [5.74, 6) is -3.69. The van der Waals surface area contributed by atoms with Gasteiger partial charge in [0.05, 0.1) is 11.5 Å². The molecule has 0 amide bonds. The molecule has 25 heavy (non-hydrogen) atoms. The molecule has 1 aromatic carbocycles. The van der Waals surface area contributed by atoms with E-state index in [9.17, 15) is 35.5 Å². The predicted molar refractivity (Wildman–Crippen MR) is 78.2 cm³/mol. The van der Waals surface area contributed by atoms with E-state index in [2.05, 4.69) is 0 Å². The lowest BCUT2D eigenvalue weighted by molar-refractivity contribution is -0.0978. The Hall–Kier alpha value is -1.42. The van der Waals surface area contributed by atoms with Crippen LogP contribution >= 0.6 is 0 Å². The molecule has 4 nitrogen and oxygen atoms in total. The van der Waals surface area contributed by atoms with Gasteiger partial charge in [0.15, 0.2) is 0 Å². The number of alkyl halides is 5. The second kappa shape index (κ2) is 6.39. The monoisotopic (exact) mass is 388 g/mol. The molecule has 0 saturated heterocycles. The average Bonchev–Trinajstić information content (AvgIpc) is 2.68. The van der Waals surface area contributed by atoms with Gasteiger partial charge in [0.2, 0.25) is 0 Å². The van der Waals surface area contributed by atoms with Crippen LogP contribution in [0.4, 0.5) is 22.0 Å². The minimum atomic E-state index is -5.88. The second-order valence-electron chi connectivity index (χ2n) is 6.27. The number of halogens is 5. The molecule has 0 aliphatic heterocycles. The standard InChI is InChI=1S/C15H17F5O4S/c1-8(2)5-6-24-10-3-4-11(25(22,23)15(18,19)20)12-9(10)7-14(16,17)13(12)21/h3-4,8,13,21H,5-7H2,1-2H3/t13-/m0/s1. The van der Waals surface area contributed by atoms with Gasteiger partial charge in [0.1, 0.15) is 11.9 Å². The Morgan fingerprint density at radius 3 is 2.44 bits per heavy atom. The third-order valence-corrected chi connectivity index (χ3v) is 5.45. The third-order valence-electron chi connectivity index (χ3n) is 3.91. The molecule has 2 rings (SSSR count). The van der Waals surface area contributed by atoms with Crippen molar-refractivity contribution in [3.05, 3.63) is 23.3 Å². The van der Waals surface area contributed by atoms with E-state index in [4.69, 9.17) is 4.74 Å². The van der Waals surface area contributed by atoms with Crippen molar-refractivity contribution < 1.29 is 40.2 Å². The molecule has 0 aromatic heterocycles. The van der Waals surface area contributed by atoms with Crippen molar-refractivity contribution >= 4 is 9.84 Å². The van der Waals surface area contributed by atoms with Gasteiger partial charge in [-0.2, -0.15) is 13.2 Å². The zero-order valence-corrected chi connectivity index (χ0v) is 14.2. The molecule has 0 heterocycles. The maximum absolute atomic E-state index is 13.8. The van der Waals surface area contributed by atoms with Crippen molar-refractivity contribution in [2.45, 2.75) is 49.1 Å². The smallest absolute Gasteiger partial charge is 0.493 e. The number of hydrogen-bond acceptors (Lipinski definition) is 4. The van der Waals surface area contributed by atoms with E-state index >= 15 is 0 Å². The van der Waals surface area contributed by atoms with Gasteiger partial charge in [-0.3, -0.25) is 0 Å². The fourth-order valence-corrected chi connectivity index (χ4v) is 3.57. The van der Waals surface area contributed by atoms with Crippen LogP contribution < -0.4 is 4.74 Å². The fraction of sp³-hybridized carbons (Fsp3) is 0.600. The summed E-state index contributed by atoms with van der Waals surface area (Å²) < 4.78 is 94.8. The van der Waals surface area contributed by atoms with E-state index < -0.39 is 49.8 Å². The lowest BCUT2D eigenvalue weighted by atomic mass is 10.1. The maximum Gasteiger partial charge on any atom is 0.501 e. The maximum atomic E-state index is 13.8. The van der Waals surface area contributed by atoms with Crippen LogP contribution in [-0.2, 0) is 16.3 Å². The highest BCUT2D eigenvalue weighted by Crippen LogP contribution is 2.50. The highest BCUT2D eigenvalue weighted by Gasteiger charge is 2.55. The van der Waals surface area contributed by atoms with Crippen molar-refractivity contribution in [2.75, 3.05) is 6.61 Å². The number of ether oxygens (including phenoxy) is 1. The van der Waals surface area contributed by atoms with Gasteiger partial charge in [0, 0.05) is 17.5 Å². The molecule has 0 radical (unpaired) electrons. The number of fused-ring (bicyclic) bond motifs is 1. The summed E-state index contributed by atoms with van der Waals surface area (Å²) in [6, 6.07) is 1.48. The van der Waals surface area contributed by atoms with Gasteiger partial charge in [-0.25, -0.2) is 17.2 Å². The first-order valence-electron chi connectivity index (χ1n) is 7.45. The van der Waals surface area contributed by atoms with Crippen molar-refractivity contribution in [2.24, 2.45) is 5.92 Å². The van der Waals surface area contributed by atoms with E-state index in [0.717, 1.165) is 6.07 Å². The van der Waals surface area contributed by atoms with Crippen LogP contribution in [0.3, 0.4) is 0 Å². The molecule has 1 aromatic rings. The summed E-state index contributed by atoms with van der Waals surface area (Å²) in [7, 11) is -5.88. The molecule has 0 unspecified atom stereocenters. The zero-order valence-electron chi connectivity index (χ0n) is 13.4. The van der Waals surface area contributed by atoms with Gasteiger partial charge < -0.3 is 9.84 Å². The van der Waals surface area contributed by atoms with Crippen LogP contribution in [0.15, 0.2) is 17.0 Å². The second-order valence-corrected chi connectivity index (χ2v) is 8.18. The van der Waals surface area contributed by atoms with E-state index in [-0.39, 0.29) is 18.3 Å². The zero-order chi connectivity index (χ0) is 19.2. The highest BCUT2D eigenvalue weighted by molar-refractivity contribution is 7.92. The van der Waals surface area contributed by atoms with Gasteiger partial charge in [-0.15, -0.1) is 0 Å². The van der Waals surface area contributed by atoms with Crippen LogP contribution in [0, 0.1) is 5.92 Å². The Morgan fingerprint density at radius 1 is 1.32 bits per heavy atom. The summed E-state index contributed by atoms with van der Waals surface area (Å²) in [6.07, 6.45) is -3.18. The summed E-state index contributed by atoms with van der Waals surface area (Å²) in [6.45, 7) is 3.91. The normalized spacial score (nSPS) is 20.0. The Balaban J connectivity index is 2.56. The lowest BCUT2D eigenvalue weighted by Gasteiger charge is -2.18. The molecule has 142 valence electrons.